The topological polar surface area (TPSA) is 54.5 Å². The van der Waals surface area contributed by atoms with Crippen molar-refractivity contribution in [2.75, 3.05) is 18.5 Å². The lowest BCUT2D eigenvalue weighted by Crippen LogP contribution is -2.34. The van der Waals surface area contributed by atoms with Crippen LogP contribution in [-0.4, -0.2) is 29.1 Å². The molecule has 1 saturated heterocycles. The smallest absolute Gasteiger partial charge is 0.322 e. The van der Waals surface area contributed by atoms with E-state index in [9.17, 15) is 4.79 Å². The molecule has 2 aromatic heterocycles. The van der Waals surface area contributed by atoms with Crippen LogP contribution >= 0.6 is 11.3 Å². The van der Waals surface area contributed by atoms with Gasteiger partial charge in [0.1, 0.15) is 5.69 Å². The number of likely N-dealkylation sites (tertiary alicyclic amines) is 1. The third kappa shape index (κ3) is 3.06. The van der Waals surface area contributed by atoms with Crippen molar-refractivity contribution in [3.63, 3.8) is 0 Å². The van der Waals surface area contributed by atoms with E-state index in [0.29, 0.717) is 18.2 Å². The van der Waals surface area contributed by atoms with Crippen molar-refractivity contribution >= 4 is 23.1 Å². The van der Waals surface area contributed by atoms with Crippen molar-refractivity contribution < 1.29 is 9.53 Å². The van der Waals surface area contributed by atoms with Crippen LogP contribution in [0.3, 0.4) is 0 Å². The summed E-state index contributed by atoms with van der Waals surface area (Å²) in [6, 6.07) is 7.81. The summed E-state index contributed by atoms with van der Waals surface area (Å²) < 4.78 is 5.46. The van der Waals surface area contributed by atoms with Crippen LogP contribution in [0.15, 0.2) is 35.8 Å². The minimum absolute atomic E-state index is 0.0927. The number of carbonyl (C=O) groups excluding carboxylic acids is 1. The Morgan fingerprint density at radius 1 is 1.50 bits per heavy atom. The van der Waals surface area contributed by atoms with Gasteiger partial charge in [0, 0.05) is 17.6 Å². The van der Waals surface area contributed by atoms with Crippen LogP contribution in [0, 0.1) is 0 Å². The highest BCUT2D eigenvalue weighted by Crippen LogP contribution is 2.35. The maximum absolute atomic E-state index is 12.6. The number of hydrogen-bond acceptors (Lipinski definition) is 4. The van der Waals surface area contributed by atoms with E-state index in [-0.39, 0.29) is 12.1 Å². The standard InChI is InChI=1S/C16H19N3O2S/c1-2-21-15-12(6-3-9-17-15)18-16(20)19-10-4-7-13(19)14-8-5-11-22-14/h3,5-6,8-9,11,13H,2,4,7,10H2,1H3,(H,18,20)/t13-/m1/s1. The molecule has 0 bridgehead atoms. The van der Waals surface area contributed by atoms with E-state index in [1.165, 1.54) is 4.88 Å². The fourth-order valence-corrected chi connectivity index (χ4v) is 3.58. The molecule has 1 aliphatic heterocycles. The number of nitrogens with one attached hydrogen (secondary N) is 1. The summed E-state index contributed by atoms with van der Waals surface area (Å²) in [5, 5.41) is 4.99. The number of nitrogens with zero attached hydrogens (tertiary/aromatic N) is 2. The number of urea groups is 1. The van der Waals surface area contributed by atoms with E-state index in [0.717, 1.165) is 19.4 Å². The van der Waals surface area contributed by atoms with Crippen molar-refractivity contribution in [1.82, 2.24) is 9.88 Å². The molecule has 0 spiro atoms. The van der Waals surface area contributed by atoms with Crippen molar-refractivity contribution in [3.8, 4) is 5.88 Å². The molecule has 1 atom stereocenters. The van der Waals surface area contributed by atoms with E-state index >= 15 is 0 Å². The number of carbonyl (C=O) groups is 1. The molecule has 0 aromatic carbocycles. The number of ether oxygens (including phenoxy) is 1. The largest absolute Gasteiger partial charge is 0.476 e. The lowest BCUT2D eigenvalue weighted by Gasteiger charge is -2.24. The maximum Gasteiger partial charge on any atom is 0.322 e. The van der Waals surface area contributed by atoms with Gasteiger partial charge < -0.3 is 15.0 Å². The predicted octanol–water partition coefficient (Wildman–Crippen LogP) is 3.91. The van der Waals surface area contributed by atoms with Gasteiger partial charge in [-0.2, -0.15) is 0 Å². The van der Waals surface area contributed by atoms with Crippen LogP contribution in [0.4, 0.5) is 10.5 Å². The van der Waals surface area contributed by atoms with Crippen molar-refractivity contribution in [3.05, 3.63) is 40.7 Å². The van der Waals surface area contributed by atoms with E-state index < -0.39 is 0 Å². The molecule has 1 aliphatic rings. The fourth-order valence-electron chi connectivity index (χ4n) is 2.71. The molecule has 2 aromatic rings. The number of amides is 2. The van der Waals surface area contributed by atoms with Gasteiger partial charge in [-0.25, -0.2) is 9.78 Å². The first-order valence-electron chi connectivity index (χ1n) is 7.48. The molecule has 0 radical (unpaired) electrons. The minimum Gasteiger partial charge on any atom is -0.476 e. The van der Waals surface area contributed by atoms with Crippen LogP contribution in [-0.2, 0) is 0 Å². The van der Waals surface area contributed by atoms with Gasteiger partial charge in [-0.05, 0) is 43.3 Å². The Balaban J connectivity index is 1.74. The lowest BCUT2D eigenvalue weighted by atomic mass is 10.2. The number of thiophene rings is 1. The van der Waals surface area contributed by atoms with Crippen molar-refractivity contribution in [1.29, 1.82) is 0 Å². The molecule has 2 amide bonds. The van der Waals surface area contributed by atoms with E-state index in [4.69, 9.17) is 4.74 Å². The number of anilines is 1. The number of aromatic nitrogens is 1. The van der Waals surface area contributed by atoms with Gasteiger partial charge in [-0.15, -0.1) is 11.3 Å². The number of hydrogen-bond donors (Lipinski definition) is 1. The first kappa shape index (κ1) is 14.8. The molecule has 6 heteroatoms. The zero-order chi connectivity index (χ0) is 15.4. The van der Waals surface area contributed by atoms with Gasteiger partial charge in [0.05, 0.1) is 12.6 Å². The van der Waals surface area contributed by atoms with Crippen LogP contribution in [0.5, 0.6) is 5.88 Å². The average Bonchev–Trinajstić information content (AvgIpc) is 3.20. The van der Waals surface area contributed by atoms with E-state index in [2.05, 4.69) is 21.7 Å². The quantitative estimate of drug-likeness (QED) is 0.930. The third-order valence-electron chi connectivity index (χ3n) is 3.68. The van der Waals surface area contributed by atoms with Crippen molar-refractivity contribution in [2.45, 2.75) is 25.8 Å². The van der Waals surface area contributed by atoms with Gasteiger partial charge in [-0.3, -0.25) is 0 Å². The predicted molar refractivity (Wildman–Crippen MR) is 87.4 cm³/mol. The summed E-state index contributed by atoms with van der Waals surface area (Å²) in [5.74, 6) is 0.463. The third-order valence-corrected chi connectivity index (χ3v) is 4.65. The molecule has 0 unspecified atom stereocenters. The summed E-state index contributed by atoms with van der Waals surface area (Å²) in [5.41, 5.74) is 0.617. The molecule has 1 fully saturated rings. The Kier molecular flexibility index (Phi) is 4.58. The molecule has 1 N–H and O–H groups in total. The van der Waals surface area contributed by atoms with Crippen LogP contribution < -0.4 is 10.1 Å². The first-order chi connectivity index (χ1) is 10.8. The van der Waals surface area contributed by atoms with E-state index in [1.807, 2.05) is 24.0 Å². The molecule has 3 rings (SSSR count). The molecule has 0 aliphatic carbocycles. The molecule has 22 heavy (non-hydrogen) atoms. The minimum atomic E-state index is -0.0927. The van der Waals surface area contributed by atoms with Gasteiger partial charge in [0.15, 0.2) is 0 Å². The van der Waals surface area contributed by atoms with Crippen molar-refractivity contribution in [2.24, 2.45) is 0 Å². The Bertz CT molecular complexity index is 630. The molecular weight excluding hydrogens is 298 g/mol. The second-order valence-electron chi connectivity index (χ2n) is 5.09. The summed E-state index contributed by atoms with van der Waals surface area (Å²) in [4.78, 5) is 19.9. The number of pyridine rings is 1. The van der Waals surface area contributed by atoms with Crippen LogP contribution in [0.25, 0.3) is 0 Å². The van der Waals surface area contributed by atoms with E-state index in [1.54, 1.807) is 23.6 Å². The zero-order valence-corrected chi connectivity index (χ0v) is 13.3. The SMILES string of the molecule is CCOc1ncccc1NC(=O)N1CCC[C@@H]1c1cccs1. The van der Waals surface area contributed by atoms with Gasteiger partial charge in [-0.1, -0.05) is 6.07 Å². The highest BCUT2D eigenvalue weighted by atomic mass is 32.1. The van der Waals surface area contributed by atoms with Gasteiger partial charge >= 0.3 is 6.03 Å². The molecule has 5 nitrogen and oxygen atoms in total. The molecule has 3 heterocycles. The Hall–Kier alpha value is -2.08. The first-order valence-corrected chi connectivity index (χ1v) is 8.36. The molecule has 116 valence electrons. The zero-order valence-electron chi connectivity index (χ0n) is 12.5. The van der Waals surface area contributed by atoms with Crippen LogP contribution in [0.1, 0.15) is 30.7 Å². The highest BCUT2D eigenvalue weighted by molar-refractivity contribution is 7.10. The number of rotatable bonds is 4. The molecular formula is C16H19N3O2S. The molecule has 0 saturated carbocycles. The summed E-state index contributed by atoms with van der Waals surface area (Å²) in [6.45, 7) is 3.19. The second-order valence-corrected chi connectivity index (χ2v) is 6.07. The summed E-state index contributed by atoms with van der Waals surface area (Å²) >= 11 is 1.70. The van der Waals surface area contributed by atoms with Gasteiger partial charge in [0.25, 0.3) is 0 Å². The van der Waals surface area contributed by atoms with Crippen LogP contribution in [0.2, 0.25) is 0 Å². The summed E-state index contributed by atoms with van der Waals surface area (Å²) in [7, 11) is 0. The Morgan fingerprint density at radius 3 is 3.18 bits per heavy atom. The normalized spacial score (nSPS) is 17.5. The highest BCUT2D eigenvalue weighted by Gasteiger charge is 2.31. The lowest BCUT2D eigenvalue weighted by molar-refractivity contribution is 0.207. The fraction of sp³-hybridized carbons (Fsp3) is 0.375. The monoisotopic (exact) mass is 317 g/mol. The second kappa shape index (κ2) is 6.79. The average molecular weight is 317 g/mol. The maximum atomic E-state index is 12.6. The van der Waals surface area contributed by atoms with Gasteiger partial charge in [0.2, 0.25) is 5.88 Å². The Labute approximate surface area is 133 Å². The Morgan fingerprint density at radius 2 is 2.41 bits per heavy atom. The summed E-state index contributed by atoms with van der Waals surface area (Å²) in [6.07, 6.45) is 3.70.